The van der Waals surface area contributed by atoms with Crippen LogP contribution in [0.3, 0.4) is 0 Å². The number of hydrogen-bond donors (Lipinski definition) is 1. The van der Waals surface area contributed by atoms with Crippen molar-refractivity contribution in [2.75, 3.05) is 31.5 Å². The van der Waals surface area contributed by atoms with Gasteiger partial charge < -0.3 is 10.2 Å². The molecular formula is C24H27N3O4S. The fraction of sp³-hybridized carbons (Fsp3) is 0.333. The Kier molecular flexibility index (Phi) is 7.33. The molecule has 0 unspecified atom stereocenters. The monoisotopic (exact) mass is 453 g/mol. The second-order valence-corrected chi connectivity index (χ2v) is 9.73. The average Bonchev–Trinajstić information content (AvgIpc) is 2.79. The highest BCUT2D eigenvalue weighted by Gasteiger charge is 2.31. The van der Waals surface area contributed by atoms with Crippen LogP contribution in [0.5, 0.6) is 0 Å². The Morgan fingerprint density at radius 1 is 1.03 bits per heavy atom. The molecule has 1 fully saturated rings. The molecule has 8 heteroatoms. The fourth-order valence-corrected chi connectivity index (χ4v) is 5.32. The van der Waals surface area contributed by atoms with Crippen molar-refractivity contribution < 1.29 is 18.0 Å². The highest BCUT2D eigenvalue weighted by atomic mass is 32.2. The largest absolute Gasteiger partial charge is 0.340 e. The Morgan fingerprint density at radius 2 is 1.75 bits per heavy atom. The summed E-state index contributed by atoms with van der Waals surface area (Å²) in [6.07, 6.45) is 5.46. The van der Waals surface area contributed by atoms with Gasteiger partial charge in [-0.05, 0) is 49.2 Å². The first-order chi connectivity index (χ1) is 15.2. The summed E-state index contributed by atoms with van der Waals surface area (Å²) in [5.74, 6) is 2.07. The van der Waals surface area contributed by atoms with Crippen LogP contribution in [-0.4, -0.2) is 55.6 Å². The van der Waals surface area contributed by atoms with Gasteiger partial charge in [-0.1, -0.05) is 24.1 Å². The van der Waals surface area contributed by atoms with Gasteiger partial charge in [0.1, 0.15) is 0 Å². The van der Waals surface area contributed by atoms with Crippen molar-refractivity contribution in [1.82, 2.24) is 9.21 Å². The first kappa shape index (κ1) is 23.5. The van der Waals surface area contributed by atoms with E-state index in [2.05, 4.69) is 11.2 Å². The maximum atomic E-state index is 13.0. The third-order valence-electron chi connectivity index (χ3n) is 5.43. The van der Waals surface area contributed by atoms with E-state index in [1.165, 1.54) is 4.31 Å². The maximum Gasteiger partial charge on any atom is 0.243 e. The molecule has 0 aromatic heterocycles. The summed E-state index contributed by atoms with van der Waals surface area (Å²) in [4.78, 5) is 26.6. The molecule has 1 aliphatic rings. The Morgan fingerprint density at radius 3 is 2.44 bits per heavy atom. The number of benzene rings is 2. The molecule has 2 aromatic carbocycles. The van der Waals surface area contributed by atoms with Gasteiger partial charge in [-0.25, -0.2) is 8.42 Å². The number of carbonyl (C=O) groups excluding carboxylic acids is 2. The number of carbonyl (C=O) groups is 2. The van der Waals surface area contributed by atoms with E-state index in [1.807, 2.05) is 13.0 Å². The van der Waals surface area contributed by atoms with Gasteiger partial charge in [-0.3, -0.25) is 9.59 Å². The van der Waals surface area contributed by atoms with E-state index in [9.17, 15) is 18.0 Å². The van der Waals surface area contributed by atoms with Gasteiger partial charge in [0.25, 0.3) is 0 Å². The van der Waals surface area contributed by atoms with Gasteiger partial charge in [0.15, 0.2) is 0 Å². The third kappa shape index (κ3) is 5.55. The Hall–Kier alpha value is -3.15. The van der Waals surface area contributed by atoms with E-state index in [-0.39, 0.29) is 37.7 Å². The second kappa shape index (κ2) is 9.98. The number of sulfonamides is 1. The molecule has 2 aromatic rings. The number of nitrogens with one attached hydrogen (secondary N) is 1. The Balaban J connectivity index is 1.51. The van der Waals surface area contributed by atoms with Crippen LogP contribution in [0.25, 0.3) is 0 Å². The van der Waals surface area contributed by atoms with Gasteiger partial charge >= 0.3 is 0 Å². The van der Waals surface area contributed by atoms with Crippen molar-refractivity contribution in [2.45, 2.75) is 31.6 Å². The van der Waals surface area contributed by atoms with Gasteiger partial charge in [0, 0.05) is 50.3 Å². The zero-order valence-corrected chi connectivity index (χ0v) is 19.1. The van der Waals surface area contributed by atoms with Crippen molar-refractivity contribution >= 4 is 27.5 Å². The second-order valence-electron chi connectivity index (χ2n) is 7.83. The van der Waals surface area contributed by atoms with Crippen LogP contribution >= 0.6 is 0 Å². The molecule has 32 heavy (non-hydrogen) atoms. The SMILES string of the molecule is C#Cc1cccc(NC(=O)CCC(=O)N2CCN(S(=O)(=O)c3cc(C)ccc3C)CC2)c1. The van der Waals surface area contributed by atoms with Crippen LogP contribution in [-0.2, 0) is 19.6 Å². The predicted molar refractivity (Wildman–Crippen MR) is 123 cm³/mol. The molecule has 1 saturated heterocycles. The van der Waals surface area contributed by atoms with E-state index in [0.29, 0.717) is 34.8 Å². The van der Waals surface area contributed by atoms with Crippen LogP contribution in [0.15, 0.2) is 47.4 Å². The minimum Gasteiger partial charge on any atom is -0.340 e. The molecule has 0 spiro atoms. The summed E-state index contributed by atoms with van der Waals surface area (Å²) >= 11 is 0. The average molecular weight is 454 g/mol. The lowest BCUT2D eigenvalue weighted by Crippen LogP contribution is -2.50. The summed E-state index contributed by atoms with van der Waals surface area (Å²) in [5, 5.41) is 2.74. The van der Waals surface area contributed by atoms with Gasteiger partial charge in [0.05, 0.1) is 4.90 Å². The van der Waals surface area contributed by atoms with Crippen LogP contribution < -0.4 is 5.32 Å². The zero-order valence-electron chi connectivity index (χ0n) is 18.3. The van der Waals surface area contributed by atoms with Crippen LogP contribution in [0.2, 0.25) is 0 Å². The number of amides is 2. The highest BCUT2D eigenvalue weighted by molar-refractivity contribution is 7.89. The molecule has 1 aliphatic heterocycles. The van der Waals surface area contributed by atoms with E-state index < -0.39 is 10.0 Å². The van der Waals surface area contributed by atoms with Crippen molar-refractivity contribution in [2.24, 2.45) is 0 Å². The summed E-state index contributed by atoms with van der Waals surface area (Å²) < 4.78 is 27.5. The topological polar surface area (TPSA) is 86.8 Å². The van der Waals surface area contributed by atoms with Crippen molar-refractivity contribution in [1.29, 1.82) is 0 Å². The minimum absolute atomic E-state index is 0.0418. The van der Waals surface area contributed by atoms with Crippen molar-refractivity contribution in [3.63, 3.8) is 0 Å². The predicted octanol–water partition coefficient (Wildman–Crippen LogP) is 2.54. The number of piperazine rings is 1. The summed E-state index contributed by atoms with van der Waals surface area (Å²) in [7, 11) is -3.61. The molecular weight excluding hydrogens is 426 g/mol. The standard InChI is InChI=1S/C24H27N3O4S/c1-4-20-6-5-7-21(17-20)25-23(28)10-11-24(29)26-12-14-27(15-13-26)32(30,31)22-16-18(2)8-9-19(22)3/h1,5-9,16-17H,10-15H2,2-3H3,(H,25,28). The molecule has 3 rings (SSSR count). The molecule has 2 amide bonds. The highest BCUT2D eigenvalue weighted by Crippen LogP contribution is 2.22. The molecule has 0 bridgehead atoms. The summed E-state index contributed by atoms with van der Waals surface area (Å²) in [6, 6.07) is 12.3. The van der Waals surface area contributed by atoms with Crippen LogP contribution in [0, 0.1) is 26.2 Å². The molecule has 1 heterocycles. The summed E-state index contributed by atoms with van der Waals surface area (Å²) in [5.41, 5.74) is 2.83. The van der Waals surface area contributed by atoms with Crippen LogP contribution in [0.1, 0.15) is 29.5 Å². The summed E-state index contributed by atoms with van der Waals surface area (Å²) in [6.45, 7) is 4.69. The number of rotatable bonds is 6. The third-order valence-corrected chi connectivity index (χ3v) is 7.47. The quantitative estimate of drug-likeness (QED) is 0.681. The number of anilines is 1. The normalized spacial score (nSPS) is 14.6. The molecule has 0 radical (unpaired) electrons. The maximum absolute atomic E-state index is 13.0. The number of terminal acetylenes is 1. The Labute approximate surface area is 189 Å². The lowest BCUT2D eigenvalue weighted by molar-refractivity contribution is -0.133. The lowest BCUT2D eigenvalue weighted by Gasteiger charge is -2.34. The molecule has 0 saturated carbocycles. The molecule has 0 atom stereocenters. The molecule has 168 valence electrons. The minimum atomic E-state index is -3.61. The van der Waals surface area contributed by atoms with E-state index in [0.717, 1.165) is 5.56 Å². The Bertz CT molecular complexity index is 1160. The first-order valence-corrected chi connectivity index (χ1v) is 11.9. The van der Waals surface area contributed by atoms with Gasteiger partial charge in [0.2, 0.25) is 21.8 Å². The van der Waals surface area contributed by atoms with E-state index in [1.54, 1.807) is 48.2 Å². The van der Waals surface area contributed by atoms with Crippen molar-refractivity contribution in [3.05, 3.63) is 59.2 Å². The van der Waals surface area contributed by atoms with Gasteiger partial charge in [-0.2, -0.15) is 4.31 Å². The van der Waals surface area contributed by atoms with Gasteiger partial charge in [-0.15, -0.1) is 6.42 Å². The molecule has 0 aliphatic carbocycles. The smallest absolute Gasteiger partial charge is 0.243 e. The zero-order chi connectivity index (χ0) is 23.3. The van der Waals surface area contributed by atoms with Crippen molar-refractivity contribution in [3.8, 4) is 12.3 Å². The molecule has 7 nitrogen and oxygen atoms in total. The van der Waals surface area contributed by atoms with Crippen LogP contribution in [0.4, 0.5) is 5.69 Å². The van der Waals surface area contributed by atoms with E-state index in [4.69, 9.17) is 6.42 Å². The number of nitrogens with zero attached hydrogens (tertiary/aromatic N) is 2. The molecule has 1 N–H and O–H groups in total. The first-order valence-electron chi connectivity index (χ1n) is 10.4. The number of hydrogen-bond acceptors (Lipinski definition) is 4. The fourth-order valence-electron chi connectivity index (χ4n) is 3.59. The van der Waals surface area contributed by atoms with E-state index >= 15 is 0 Å². The number of aryl methyl sites for hydroxylation is 2. The lowest BCUT2D eigenvalue weighted by atomic mass is 10.2.